The molecule has 1 aliphatic heterocycles. The summed E-state index contributed by atoms with van der Waals surface area (Å²) in [6.07, 6.45) is 4.16. The van der Waals surface area contributed by atoms with E-state index < -0.39 is 9.84 Å². The number of anilines is 1. The summed E-state index contributed by atoms with van der Waals surface area (Å²) >= 11 is 0. The summed E-state index contributed by atoms with van der Waals surface area (Å²) in [5.41, 5.74) is 3.51. The molecule has 8 heteroatoms. The average molecular weight is 401 g/mol. The molecular formula is C20H23N3O4S. The summed E-state index contributed by atoms with van der Waals surface area (Å²) in [6.45, 7) is 1.50. The zero-order valence-corrected chi connectivity index (χ0v) is 16.6. The lowest BCUT2D eigenvalue weighted by Gasteiger charge is -2.17. The predicted octanol–water partition coefficient (Wildman–Crippen LogP) is 2.58. The number of ketones is 1. The fourth-order valence-electron chi connectivity index (χ4n) is 4.06. The maximum Gasteiger partial charge on any atom is 0.276 e. The van der Waals surface area contributed by atoms with Gasteiger partial charge in [-0.15, -0.1) is 0 Å². The third kappa shape index (κ3) is 3.61. The number of nitrogens with zero attached hydrogens (tertiary/aromatic N) is 2. The first-order valence-electron chi connectivity index (χ1n) is 9.57. The highest BCUT2D eigenvalue weighted by Crippen LogP contribution is 2.31. The second kappa shape index (κ2) is 7.16. The number of hydrogen-bond donors (Lipinski definition) is 1. The first-order chi connectivity index (χ1) is 13.3. The Kier molecular flexibility index (Phi) is 4.82. The molecule has 1 aromatic carbocycles. The van der Waals surface area contributed by atoms with Crippen molar-refractivity contribution >= 4 is 27.2 Å². The Balaban J connectivity index is 1.62. The van der Waals surface area contributed by atoms with Crippen molar-refractivity contribution in [2.45, 2.75) is 45.1 Å². The summed E-state index contributed by atoms with van der Waals surface area (Å²) in [7, 11) is -3.03. The molecule has 2 aromatic rings. The van der Waals surface area contributed by atoms with E-state index in [4.69, 9.17) is 0 Å². The van der Waals surface area contributed by atoms with Crippen LogP contribution in [-0.2, 0) is 22.7 Å². The highest BCUT2D eigenvalue weighted by atomic mass is 32.2. The number of amides is 1. The van der Waals surface area contributed by atoms with Gasteiger partial charge >= 0.3 is 0 Å². The molecule has 0 spiro atoms. The van der Waals surface area contributed by atoms with E-state index in [1.165, 1.54) is 6.92 Å². The Bertz CT molecular complexity index is 1040. The minimum absolute atomic E-state index is 0.0304. The first-order valence-corrected chi connectivity index (χ1v) is 11.4. The van der Waals surface area contributed by atoms with Gasteiger partial charge < -0.3 is 5.32 Å². The quantitative estimate of drug-likeness (QED) is 0.794. The molecule has 1 aliphatic carbocycles. The third-order valence-electron chi connectivity index (χ3n) is 5.53. The number of sulfone groups is 1. The van der Waals surface area contributed by atoms with Gasteiger partial charge in [0.25, 0.3) is 5.91 Å². The fraction of sp³-hybridized carbons (Fsp3) is 0.450. The average Bonchev–Trinajstić information content (AvgIpc) is 3.22. The van der Waals surface area contributed by atoms with E-state index in [9.17, 15) is 18.0 Å². The van der Waals surface area contributed by atoms with Gasteiger partial charge in [-0.2, -0.15) is 5.10 Å². The van der Waals surface area contributed by atoms with E-state index in [0.29, 0.717) is 23.4 Å². The van der Waals surface area contributed by atoms with E-state index in [2.05, 4.69) is 10.4 Å². The van der Waals surface area contributed by atoms with Crippen LogP contribution < -0.4 is 5.32 Å². The van der Waals surface area contributed by atoms with Crippen LogP contribution >= 0.6 is 0 Å². The van der Waals surface area contributed by atoms with Gasteiger partial charge in [0.2, 0.25) is 0 Å². The number of carbonyl (C=O) groups is 2. The standard InChI is InChI=1S/C20H23N3O4S/c1-13(24)14-6-8-15(9-7-14)21-20(25)19-17-4-2-3-5-18(17)23(22-19)16-10-11-28(26,27)12-16/h6-9,16H,2-5,10-12H2,1H3,(H,21,25)/t16-/m0/s1. The van der Waals surface area contributed by atoms with Gasteiger partial charge in [0.05, 0.1) is 17.5 Å². The van der Waals surface area contributed by atoms with Crippen LogP contribution in [0.2, 0.25) is 0 Å². The summed E-state index contributed by atoms with van der Waals surface area (Å²) < 4.78 is 25.6. The van der Waals surface area contributed by atoms with Crippen LogP contribution in [0.5, 0.6) is 0 Å². The molecule has 28 heavy (non-hydrogen) atoms. The van der Waals surface area contributed by atoms with Gasteiger partial charge in [-0.05, 0) is 63.3 Å². The zero-order chi connectivity index (χ0) is 19.9. The fourth-order valence-corrected chi connectivity index (χ4v) is 5.75. The van der Waals surface area contributed by atoms with Crippen LogP contribution in [-0.4, -0.2) is 41.4 Å². The lowest BCUT2D eigenvalue weighted by atomic mass is 9.95. The smallest absolute Gasteiger partial charge is 0.276 e. The third-order valence-corrected chi connectivity index (χ3v) is 7.28. The van der Waals surface area contributed by atoms with Crippen molar-refractivity contribution < 1.29 is 18.0 Å². The van der Waals surface area contributed by atoms with Crippen molar-refractivity contribution in [3.8, 4) is 0 Å². The van der Waals surface area contributed by atoms with Gasteiger partial charge in [-0.3, -0.25) is 14.3 Å². The topological polar surface area (TPSA) is 98.1 Å². The van der Waals surface area contributed by atoms with Crippen LogP contribution in [0.25, 0.3) is 0 Å². The molecule has 2 aliphatic rings. The van der Waals surface area contributed by atoms with Crippen LogP contribution in [0.3, 0.4) is 0 Å². The Hall–Kier alpha value is -2.48. The minimum atomic E-state index is -3.03. The number of hydrogen-bond acceptors (Lipinski definition) is 5. The number of aromatic nitrogens is 2. The zero-order valence-electron chi connectivity index (χ0n) is 15.8. The highest BCUT2D eigenvalue weighted by Gasteiger charge is 2.34. The first kappa shape index (κ1) is 18.9. The highest BCUT2D eigenvalue weighted by molar-refractivity contribution is 7.91. The predicted molar refractivity (Wildman–Crippen MR) is 106 cm³/mol. The van der Waals surface area contributed by atoms with E-state index in [-0.39, 0.29) is 29.2 Å². The van der Waals surface area contributed by atoms with Crippen LogP contribution in [0, 0.1) is 0 Å². The Morgan fingerprint density at radius 1 is 1.14 bits per heavy atom. The number of benzene rings is 1. The Morgan fingerprint density at radius 2 is 1.86 bits per heavy atom. The molecule has 4 rings (SSSR count). The van der Waals surface area contributed by atoms with Crippen LogP contribution in [0.15, 0.2) is 24.3 Å². The number of carbonyl (C=O) groups excluding carboxylic acids is 2. The summed E-state index contributed by atoms with van der Waals surface area (Å²) in [5.74, 6) is -0.0593. The second-order valence-electron chi connectivity index (χ2n) is 7.57. The van der Waals surface area contributed by atoms with Crippen molar-refractivity contribution in [2.24, 2.45) is 0 Å². The molecule has 7 nitrogen and oxygen atoms in total. The molecule has 0 unspecified atom stereocenters. The Labute approximate surface area is 164 Å². The number of nitrogens with one attached hydrogen (secondary N) is 1. The lowest BCUT2D eigenvalue weighted by Crippen LogP contribution is -2.17. The molecule has 1 atom stereocenters. The number of rotatable bonds is 4. The molecule has 0 saturated carbocycles. The monoisotopic (exact) mass is 401 g/mol. The van der Waals surface area contributed by atoms with Gasteiger partial charge in [0, 0.05) is 22.5 Å². The molecule has 1 N–H and O–H groups in total. The SMILES string of the molecule is CC(=O)c1ccc(NC(=O)c2nn([C@H]3CCS(=O)(=O)C3)c3c2CCCC3)cc1. The van der Waals surface area contributed by atoms with E-state index in [1.807, 2.05) is 0 Å². The molecule has 148 valence electrons. The van der Waals surface area contributed by atoms with Gasteiger partial charge in [0.1, 0.15) is 0 Å². The molecule has 2 heterocycles. The summed E-state index contributed by atoms with van der Waals surface area (Å²) in [5, 5.41) is 7.42. The Morgan fingerprint density at radius 3 is 2.50 bits per heavy atom. The lowest BCUT2D eigenvalue weighted by molar-refractivity contribution is 0.101. The van der Waals surface area contributed by atoms with E-state index in [1.54, 1.807) is 28.9 Å². The van der Waals surface area contributed by atoms with Crippen molar-refractivity contribution in [3.63, 3.8) is 0 Å². The van der Waals surface area contributed by atoms with Crippen molar-refractivity contribution in [1.29, 1.82) is 0 Å². The molecule has 0 radical (unpaired) electrons. The second-order valence-corrected chi connectivity index (χ2v) is 9.80. The number of Topliss-reactive ketones (excluding diaryl/α,β-unsaturated/α-hetero) is 1. The maximum atomic E-state index is 12.9. The van der Waals surface area contributed by atoms with Crippen molar-refractivity contribution in [1.82, 2.24) is 9.78 Å². The molecule has 1 aromatic heterocycles. The summed E-state index contributed by atoms with van der Waals surface area (Å²) in [6, 6.07) is 6.56. The molecule has 1 amide bonds. The summed E-state index contributed by atoms with van der Waals surface area (Å²) in [4.78, 5) is 24.3. The van der Waals surface area contributed by atoms with Crippen LogP contribution in [0.4, 0.5) is 5.69 Å². The van der Waals surface area contributed by atoms with Gasteiger partial charge in [-0.25, -0.2) is 8.42 Å². The largest absolute Gasteiger partial charge is 0.321 e. The number of fused-ring (bicyclic) bond motifs is 1. The molecule has 1 fully saturated rings. The van der Waals surface area contributed by atoms with Crippen molar-refractivity contribution in [2.75, 3.05) is 16.8 Å². The molecule has 0 bridgehead atoms. The normalized spacial score (nSPS) is 20.5. The maximum absolute atomic E-state index is 12.9. The van der Waals surface area contributed by atoms with E-state index >= 15 is 0 Å². The van der Waals surface area contributed by atoms with E-state index in [0.717, 1.165) is 36.9 Å². The van der Waals surface area contributed by atoms with Crippen molar-refractivity contribution in [3.05, 3.63) is 46.8 Å². The minimum Gasteiger partial charge on any atom is -0.321 e. The van der Waals surface area contributed by atoms with Gasteiger partial charge in [0.15, 0.2) is 21.3 Å². The van der Waals surface area contributed by atoms with Crippen LogP contribution in [0.1, 0.15) is 64.3 Å². The van der Waals surface area contributed by atoms with Gasteiger partial charge in [-0.1, -0.05) is 0 Å². The molecule has 1 saturated heterocycles. The molecular weight excluding hydrogens is 378 g/mol.